The van der Waals surface area contributed by atoms with Gasteiger partial charge in [0.25, 0.3) is 11.4 Å². The maximum Gasteiger partial charge on any atom is 0.317 e. The molecule has 1 atom stereocenters. The first kappa shape index (κ1) is 22.0. The largest absolute Gasteiger partial charge is 0.415 e. The molecule has 1 N–H and O–H groups in total. The van der Waals surface area contributed by atoms with Crippen LogP contribution in [0.4, 0.5) is 13.6 Å². The predicted molar refractivity (Wildman–Crippen MR) is 116 cm³/mol. The molecule has 11 heteroatoms. The fourth-order valence-corrected chi connectivity index (χ4v) is 4.26. The number of nitrogens with zero attached hydrogens (tertiary/aromatic N) is 4. The van der Waals surface area contributed by atoms with Crippen molar-refractivity contribution < 1.29 is 18.0 Å². The van der Waals surface area contributed by atoms with E-state index >= 15 is 0 Å². The molecule has 4 rings (SSSR count). The summed E-state index contributed by atoms with van der Waals surface area (Å²) in [6.07, 6.45) is -1.37. The predicted octanol–water partition coefficient (Wildman–Crippen LogP) is 3.34. The van der Waals surface area contributed by atoms with Crippen molar-refractivity contribution in [2.45, 2.75) is 19.0 Å². The second-order valence-corrected chi connectivity index (χ2v) is 8.39. The Balaban J connectivity index is 1.54. The Bertz CT molecular complexity index is 1120. The molecule has 0 saturated carbocycles. The van der Waals surface area contributed by atoms with Crippen LogP contribution in [0.2, 0.25) is 0 Å². The minimum absolute atomic E-state index is 0.152. The Morgan fingerprint density at radius 1 is 1.16 bits per heavy atom. The van der Waals surface area contributed by atoms with Gasteiger partial charge in [0.15, 0.2) is 0 Å². The maximum atomic E-state index is 12.8. The van der Waals surface area contributed by atoms with Crippen LogP contribution in [0, 0.1) is 0 Å². The van der Waals surface area contributed by atoms with Gasteiger partial charge in [0.2, 0.25) is 5.89 Å². The van der Waals surface area contributed by atoms with E-state index in [1.54, 1.807) is 4.90 Å². The number of hydrogen-bond donors (Lipinski definition) is 1. The Labute approximate surface area is 186 Å². The molecule has 1 aromatic carbocycles. The molecule has 1 aliphatic rings. The van der Waals surface area contributed by atoms with E-state index in [9.17, 15) is 18.4 Å². The van der Waals surface area contributed by atoms with Crippen LogP contribution in [0.15, 0.2) is 57.9 Å². The summed E-state index contributed by atoms with van der Waals surface area (Å²) in [5, 5.41) is 9.88. The van der Waals surface area contributed by atoms with Gasteiger partial charge in [0.05, 0.1) is 12.6 Å². The van der Waals surface area contributed by atoms with E-state index in [0.717, 1.165) is 17.1 Å². The number of alkyl halides is 2. The number of hydrogen-bond acceptors (Lipinski definition) is 6. The molecule has 1 aliphatic heterocycles. The van der Waals surface area contributed by atoms with Crippen molar-refractivity contribution in [1.82, 2.24) is 25.0 Å². The third-order valence-corrected chi connectivity index (χ3v) is 5.99. The number of thioether (sulfide) groups is 1. The molecule has 0 bridgehead atoms. The molecular weight excluding hydrogens is 440 g/mol. The number of carbonyl (C=O) groups excluding carboxylic acids is 1. The molecule has 3 aromatic rings. The Kier molecular flexibility index (Phi) is 6.84. The van der Waals surface area contributed by atoms with E-state index in [1.165, 1.54) is 22.9 Å². The zero-order valence-electron chi connectivity index (χ0n) is 17.0. The van der Waals surface area contributed by atoms with Crippen molar-refractivity contribution in [1.29, 1.82) is 0 Å². The topological polar surface area (TPSA) is 93.3 Å². The van der Waals surface area contributed by atoms with E-state index in [1.807, 2.05) is 42.1 Å². The van der Waals surface area contributed by atoms with Crippen LogP contribution in [0.25, 0.3) is 11.5 Å². The minimum Gasteiger partial charge on any atom is -0.415 e. The van der Waals surface area contributed by atoms with Crippen molar-refractivity contribution in [2.24, 2.45) is 0 Å². The number of pyridine rings is 1. The summed E-state index contributed by atoms with van der Waals surface area (Å²) in [5.74, 6) is 0.841. The lowest BCUT2D eigenvalue weighted by atomic mass is 10.1. The van der Waals surface area contributed by atoms with Crippen molar-refractivity contribution >= 4 is 17.8 Å². The quantitative estimate of drug-likeness (QED) is 0.605. The third kappa shape index (κ3) is 5.16. The molecule has 1 fully saturated rings. The number of carbonyl (C=O) groups is 1. The molecule has 1 unspecified atom stereocenters. The zero-order chi connectivity index (χ0) is 22.5. The van der Waals surface area contributed by atoms with Crippen LogP contribution in [0.5, 0.6) is 0 Å². The summed E-state index contributed by atoms with van der Waals surface area (Å²) < 4.78 is 31.7. The highest BCUT2D eigenvalue weighted by Gasteiger charge is 2.22. The van der Waals surface area contributed by atoms with Gasteiger partial charge >= 0.3 is 12.5 Å². The van der Waals surface area contributed by atoms with Gasteiger partial charge in [0.1, 0.15) is 0 Å². The molecule has 2 aromatic heterocycles. The number of urea groups is 1. The Morgan fingerprint density at radius 3 is 2.56 bits per heavy atom. The van der Waals surface area contributed by atoms with E-state index in [0.29, 0.717) is 13.1 Å². The highest BCUT2D eigenvalue weighted by molar-refractivity contribution is 7.99. The number of halogens is 2. The standard InChI is InChI=1S/C21H21F2N5O3S/c22-18(23)20-26-25-19(31-20)15-6-7-28(17(29)12-15)13-16(14-4-2-1-3-5-14)24-21(30)27-8-10-32-11-9-27/h1-7,12,16,18H,8-11,13H2,(H,24,30). The average Bonchev–Trinajstić information content (AvgIpc) is 3.32. The number of benzene rings is 1. The smallest absolute Gasteiger partial charge is 0.317 e. The van der Waals surface area contributed by atoms with Gasteiger partial charge in [0, 0.05) is 42.4 Å². The highest BCUT2D eigenvalue weighted by Crippen LogP contribution is 2.22. The van der Waals surface area contributed by atoms with Gasteiger partial charge in [-0.05, 0) is 11.6 Å². The number of rotatable bonds is 6. The van der Waals surface area contributed by atoms with Crippen LogP contribution in [-0.2, 0) is 6.54 Å². The lowest BCUT2D eigenvalue weighted by molar-refractivity contribution is 0.116. The average molecular weight is 461 g/mol. The van der Waals surface area contributed by atoms with E-state index in [-0.39, 0.29) is 29.6 Å². The van der Waals surface area contributed by atoms with Crippen LogP contribution >= 0.6 is 11.8 Å². The summed E-state index contributed by atoms with van der Waals surface area (Å²) in [6.45, 7) is 1.55. The summed E-state index contributed by atoms with van der Waals surface area (Å²) in [7, 11) is 0. The third-order valence-electron chi connectivity index (χ3n) is 5.05. The first-order valence-corrected chi connectivity index (χ1v) is 11.2. The first-order chi connectivity index (χ1) is 15.5. The number of nitrogens with one attached hydrogen (secondary N) is 1. The lowest BCUT2D eigenvalue weighted by Crippen LogP contribution is -2.46. The van der Waals surface area contributed by atoms with Gasteiger partial charge in [-0.25, -0.2) is 4.79 Å². The summed E-state index contributed by atoms with van der Waals surface area (Å²) in [5.41, 5.74) is 0.724. The molecule has 0 spiro atoms. The van der Waals surface area contributed by atoms with E-state index in [4.69, 9.17) is 4.42 Å². The molecule has 0 radical (unpaired) electrons. The van der Waals surface area contributed by atoms with Gasteiger partial charge in [-0.1, -0.05) is 30.3 Å². The molecule has 2 amide bonds. The van der Waals surface area contributed by atoms with E-state index < -0.39 is 18.4 Å². The zero-order valence-corrected chi connectivity index (χ0v) is 17.8. The second-order valence-electron chi connectivity index (χ2n) is 7.16. The second kappa shape index (κ2) is 9.94. The summed E-state index contributed by atoms with van der Waals surface area (Å²) in [6, 6.07) is 11.6. The van der Waals surface area contributed by atoms with Crippen molar-refractivity contribution in [2.75, 3.05) is 24.6 Å². The normalized spacial score (nSPS) is 15.0. The first-order valence-electron chi connectivity index (χ1n) is 10.0. The fourth-order valence-electron chi connectivity index (χ4n) is 3.35. The maximum absolute atomic E-state index is 12.8. The Hall–Kier alpha value is -3.21. The van der Waals surface area contributed by atoms with Crippen LogP contribution in [0.3, 0.4) is 0 Å². The van der Waals surface area contributed by atoms with Crippen molar-refractivity contribution in [3.8, 4) is 11.5 Å². The summed E-state index contributed by atoms with van der Waals surface area (Å²) in [4.78, 5) is 27.3. The van der Waals surface area contributed by atoms with Gasteiger partial charge in [-0.15, -0.1) is 10.2 Å². The lowest BCUT2D eigenvalue weighted by Gasteiger charge is -2.29. The minimum atomic E-state index is -2.88. The molecule has 0 aliphatic carbocycles. The molecule has 1 saturated heterocycles. The fraction of sp³-hybridized carbons (Fsp3) is 0.333. The molecular formula is C21H21F2N5O3S. The molecule has 32 heavy (non-hydrogen) atoms. The SMILES string of the molecule is O=C(NC(Cn1ccc(-c2nnc(C(F)F)o2)cc1=O)c1ccccc1)N1CCSCC1. The van der Waals surface area contributed by atoms with E-state index in [2.05, 4.69) is 15.5 Å². The van der Waals surface area contributed by atoms with Crippen molar-refractivity contribution in [3.63, 3.8) is 0 Å². The van der Waals surface area contributed by atoms with Gasteiger partial charge < -0.3 is 19.2 Å². The highest BCUT2D eigenvalue weighted by atomic mass is 32.2. The number of amides is 2. The van der Waals surface area contributed by atoms with Crippen LogP contribution in [0.1, 0.15) is 23.9 Å². The molecule has 3 heterocycles. The van der Waals surface area contributed by atoms with Crippen molar-refractivity contribution in [3.05, 3.63) is 70.5 Å². The molecule has 8 nitrogen and oxygen atoms in total. The van der Waals surface area contributed by atoms with Gasteiger partial charge in [-0.2, -0.15) is 20.5 Å². The van der Waals surface area contributed by atoms with Gasteiger partial charge in [-0.3, -0.25) is 4.79 Å². The van der Waals surface area contributed by atoms with Crippen LogP contribution in [-0.4, -0.2) is 50.3 Å². The molecule has 168 valence electrons. The van der Waals surface area contributed by atoms with Crippen LogP contribution < -0.4 is 10.9 Å². The Morgan fingerprint density at radius 2 is 1.91 bits per heavy atom. The number of aromatic nitrogens is 3. The monoisotopic (exact) mass is 461 g/mol. The summed E-state index contributed by atoms with van der Waals surface area (Å²) >= 11 is 1.81.